The van der Waals surface area contributed by atoms with Crippen molar-refractivity contribution in [2.75, 3.05) is 5.32 Å². The van der Waals surface area contributed by atoms with Crippen molar-refractivity contribution in [1.82, 2.24) is 0 Å². The van der Waals surface area contributed by atoms with Gasteiger partial charge in [-0.15, -0.1) is 0 Å². The molecule has 3 aromatic carbocycles. The molecule has 30 heavy (non-hydrogen) atoms. The fraction of sp³-hybridized carbons (Fsp3) is 0.261. The second-order valence-corrected chi connectivity index (χ2v) is 9.36. The summed E-state index contributed by atoms with van der Waals surface area (Å²) in [7, 11) is -0.453. The van der Waals surface area contributed by atoms with Crippen molar-refractivity contribution in [3.05, 3.63) is 70.2 Å². The normalized spacial score (nSPS) is 17.3. The number of benzene rings is 3. The van der Waals surface area contributed by atoms with Crippen LogP contribution in [0.15, 0.2) is 54.6 Å². The summed E-state index contributed by atoms with van der Waals surface area (Å²) in [5, 5.41) is 5.55. The van der Waals surface area contributed by atoms with Gasteiger partial charge in [-0.1, -0.05) is 53.5 Å². The summed E-state index contributed by atoms with van der Waals surface area (Å²) in [6, 6.07) is 16.4. The van der Waals surface area contributed by atoms with Crippen LogP contribution in [-0.4, -0.2) is 24.2 Å². The van der Waals surface area contributed by atoms with Crippen molar-refractivity contribution < 1.29 is 14.1 Å². The second kappa shape index (κ2) is 7.58. The van der Waals surface area contributed by atoms with Crippen LogP contribution in [0.2, 0.25) is 10.0 Å². The Bertz CT molecular complexity index is 1110. The minimum Gasteiger partial charge on any atom is -0.399 e. The molecule has 1 aliphatic heterocycles. The van der Waals surface area contributed by atoms with Crippen LogP contribution in [0.5, 0.6) is 0 Å². The van der Waals surface area contributed by atoms with Gasteiger partial charge in [-0.25, -0.2) is 0 Å². The van der Waals surface area contributed by atoms with E-state index in [0.29, 0.717) is 21.3 Å². The van der Waals surface area contributed by atoms with Crippen LogP contribution >= 0.6 is 23.2 Å². The minimum atomic E-state index is -0.453. The highest BCUT2D eigenvalue weighted by Gasteiger charge is 2.51. The van der Waals surface area contributed by atoms with Crippen molar-refractivity contribution in [2.45, 2.75) is 38.9 Å². The van der Waals surface area contributed by atoms with E-state index in [-0.39, 0.29) is 5.91 Å². The lowest BCUT2D eigenvalue weighted by atomic mass is 9.78. The molecule has 0 aromatic heterocycles. The van der Waals surface area contributed by atoms with E-state index in [1.807, 2.05) is 58.0 Å². The van der Waals surface area contributed by atoms with Crippen LogP contribution in [0.1, 0.15) is 38.1 Å². The zero-order valence-corrected chi connectivity index (χ0v) is 18.8. The van der Waals surface area contributed by atoms with Crippen LogP contribution in [0, 0.1) is 0 Å². The Hall–Kier alpha value is -2.05. The van der Waals surface area contributed by atoms with Gasteiger partial charge in [0.2, 0.25) is 0 Å². The van der Waals surface area contributed by atoms with Crippen molar-refractivity contribution >= 4 is 58.2 Å². The molecule has 0 bridgehead atoms. The number of carbonyl (C=O) groups excluding carboxylic acids is 1. The Morgan fingerprint density at radius 3 is 2.17 bits per heavy atom. The predicted octanol–water partition coefficient (Wildman–Crippen LogP) is 5.70. The molecule has 0 radical (unpaired) electrons. The topological polar surface area (TPSA) is 47.6 Å². The Kier molecular flexibility index (Phi) is 5.35. The molecule has 1 saturated heterocycles. The third-order valence-electron chi connectivity index (χ3n) is 5.79. The van der Waals surface area contributed by atoms with Gasteiger partial charge in [-0.3, -0.25) is 4.79 Å². The van der Waals surface area contributed by atoms with Crippen molar-refractivity contribution in [2.24, 2.45) is 0 Å². The average molecular weight is 442 g/mol. The fourth-order valence-corrected chi connectivity index (χ4v) is 3.98. The van der Waals surface area contributed by atoms with E-state index in [1.165, 1.54) is 0 Å². The van der Waals surface area contributed by atoms with E-state index in [0.717, 1.165) is 16.2 Å². The minimum absolute atomic E-state index is 0.234. The molecule has 0 aliphatic carbocycles. The lowest BCUT2D eigenvalue weighted by Gasteiger charge is -2.32. The summed E-state index contributed by atoms with van der Waals surface area (Å²) >= 11 is 12.1. The first-order valence-corrected chi connectivity index (χ1v) is 10.5. The van der Waals surface area contributed by atoms with Crippen LogP contribution in [0.4, 0.5) is 5.69 Å². The lowest BCUT2D eigenvalue weighted by molar-refractivity contribution is 0.00578. The standard InChI is InChI=1S/C23H22BCl2NO3/c1-22(2)23(3,4)30-24(29-22)15-8-9-19-14(10-15)6-5-7-20(19)21(28)27-18-12-16(25)11-17(26)13-18/h5-13H,1-4H3,(H,27,28). The Morgan fingerprint density at radius 1 is 0.900 bits per heavy atom. The SMILES string of the molecule is CC1(C)OB(c2ccc3c(C(=O)Nc4cc(Cl)cc(Cl)c4)cccc3c2)OC1(C)C. The molecule has 0 unspecified atom stereocenters. The molecule has 1 amide bonds. The molecule has 1 heterocycles. The Morgan fingerprint density at radius 2 is 1.53 bits per heavy atom. The highest BCUT2D eigenvalue weighted by Crippen LogP contribution is 2.36. The summed E-state index contributed by atoms with van der Waals surface area (Å²) in [5.41, 5.74) is 1.20. The highest BCUT2D eigenvalue weighted by atomic mass is 35.5. The van der Waals surface area contributed by atoms with Gasteiger partial charge in [-0.2, -0.15) is 0 Å². The molecule has 0 spiro atoms. The zero-order valence-electron chi connectivity index (χ0n) is 17.3. The Balaban J connectivity index is 1.64. The first-order valence-electron chi connectivity index (χ1n) is 9.71. The molecule has 4 rings (SSSR count). The largest absolute Gasteiger partial charge is 0.494 e. The quantitative estimate of drug-likeness (QED) is 0.530. The monoisotopic (exact) mass is 441 g/mol. The van der Waals surface area contributed by atoms with E-state index < -0.39 is 18.3 Å². The van der Waals surface area contributed by atoms with Gasteiger partial charge < -0.3 is 14.6 Å². The maximum Gasteiger partial charge on any atom is 0.494 e. The number of rotatable bonds is 3. The van der Waals surface area contributed by atoms with Crippen molar-refractivity contribution in [1.29, 1.82) is 0 Å². The molecule has 3 aromatic rings. The first kappa shape index (κ1) is 21.2. The summed E-state index contributed by atoms with van der Waals surface area (Å²) in [4.78, 5) is 12.9. The summed E-state index contributed by atoms with van der Waals surface area (Å²) < 4.78 is 12.3. The van der Waals surface area contributed by atoms with Gasteiger partial charge in [0.25, 0.3) is 5.91 Å². The fourth-order valence-electron chi connectivity index (χ4n) is 3.45. The molecule has 0 saturated carbocycles. The molecule has 1 aliphatic rings. The molecule has 154 valence electrons. The van der Waals surface area contributed by atoms with Crippen LogP contribution in [0.25, 0.3) is 10.8 Å². The van der Waals surface area contributed by atoms with Crippen molar-refractivity contribution in [3.63, 3.8) is 0 Å². The van der Waals surface area contributed by atoms with Gasteiger partial charge in [-0.05, 0) is 68.2 Å². The highest BCUT2D eigenvalue weighted by molar-refractivity contribution is 6.62. The molecule has 1 N–H and O–H groups in total. The van der Waals surface area contributed by atoms with Gasteiger partial charge in [0, 0.05) is 21.3 Å². The zero-order chi connectivity index (χ0) is 21.7. The molecule has 4 nitrogen and oxygen atoms in total. The number of amides is 1. The summed E-state index contributed by atoms with van der Waals surface area (Å²) in [6.07, 6.45) is 0. The van der Waals surface area contributed by atoms with Crippen molar-refractivity contribution in [3.8, 4) is 0 Å². The predicted molar refractivity (Wildman–Crippen MR) is 124 cm³/mol. The van der Waals surface area contributed by atoms with Crippen LogP contribution in [-0.2, 0) is 9.31 Å². The van der Waals surface area contributed by atoms with Crippen LogP contribution < -0.4 is 10.8 Å². The molecule has 0 atom stereocenters. The maximum atomic E-state index is 12.9. The first-order chi connectivity index (χ1) is 14.1. The number of anilines is 1. The lowest BCUT2D eigenvalue weighted by Crippen LogP contribution is -2.41. The van der Waals surface area contributed by atoms with Gasteiger partial charge >= 0.3 is 7.12 Å². The van der Waals surface area contributed by atoms with E-state index >= 15 is 0 Å². The second-order valence-electron chi connectivity index (χ2n) is 8.49. The molecular formula is C23H22BCl2NO3. The number of nitrogens with one attached hydrogen (secondary N) is 1. The van der Waals surface area contributed by atoms with E-state index in [1.54, 1.807) is 24.3 Å². The smallest absolute Gasteiger partial charge is 0.399 e. The molecule has 7 heteroatoms. The third kappa shape index (κ3) is 3.95. The maximum absolute atomic E-state index is 12.9. The third-order valence-corrected chi connectivity index (χ3v) is 6.23. The molecular weight excluding hydrogens is 420 g/mol. The Labute approximate surface area is 186 Å². The summed E-state index contributed by atoms with van der Waals surface area (Å²) in [5.74, 6) is -0.234. The van der Waals surface area contributed by atoms with Gasteiger partial charge in [0.05, 0.1) is 11.2 Å². The van der Waals surface area contributed by atoms with Gasteiger partial charge in [0.15, 0.2) is 0 Å². The van der Waals surface area contributed by atoms with E-state index in [4.69, 9.17) is 32.5 Å². The molecule has 1 fully saturated rings. The number of hydrogen-bond acceptors (Lipinski definition) is 3. The number of carbonyl (C=O) groups is 1. The van der Waals surface area contributed by atoms with Crippen LogP contribution in [0.3, 0.4) is 0 Å². The van der Waals surface area contributed by atoms with E-state index in [9.17, 15) is 4.79 Å². The number of hydrogen-bond donors (Lipinski definition) is 1. The average Bonchev–Trinajstić information content (AvgIpc) is 2.87. The number of halogens is 2. The number of fused-ring (bicyclic) bond motifs is 1. The van der Waals surface area contributed by atoms with Gasteiger partial charge in [0.1, 0.15) is 0 Å². The van der Waals surface area contributed by atoms with E-state index in [2.05, 4.69) is 5.32 Å². The summed E-state index contributed by atoms with van der Waals surface area (Å²) in [6.45, 7) is 8.11.